The fourth-order valence-corrected chi connectivity index (χ4v) is 4.25. The van der Waals surface area contributed by atoms with Gasteiger partial charge in [-0.2, -0.15) is 0 Å². The van der Waals surface area contributed by atoms with Gasteiger partial charge >= 0.3 is 0 Å². The molecule has 2 aromatic rings. The molecule has 2 saturated heterocycles. The highest BCUT2D eigenvalue weighted by Crippen LogP contribution is 2.34. The molecule has 8 heteroatoms. The number of piperidine rings is 1. The van der Waals surface area contributed by atoms with Crippen LogP contribution in [0.15, 0.2) is 16.8 Å². The maximum absolute atomic E-state index is 12.4. The van der Waals surface area contributed by atoms with Gasteiger partial charge in [0.1, 0.15) is 5.82 Å². The molecular formula is C22H31N5O3. The van der Waals surface area contributed by atoms with Crippen LogP contribution in [0.1, 0.15) is 49.3 Å². The van der Waals surface area contributed by atoms with Crippen LogP contribution in [0.4, 0.5) is 0 Å². The first-order valence-corrected chi connectivity index (χ1v) is 11.0. The van der Waals surface area contributed by atoms with Crippen molar-refractivity contribution < 1.29 is 14.1 Å². The summed E-state index contributed by atoms with van der Waals surface area (Å²) in [5, 5.41) is 4.03. The summed E-state index contributed by atoms with van der Waals surface area (Å²) < 4.78 is 10.8. The van der Waals surface area contributed by atoms with Crippen LogP contribution in [0.25, 0.3) is 11.3 Å². The first kappa shape index (κ1) is 20.9. The van der Waals surface area contributed by atoms with Crippen LogP contribution < -0.4 is 0 Å². The topological polar surface area (TPSA) is 84.6 Å². The Morgan fingerprint density at radius 2 is 1.97 bits per heavy atom. The van der Waals surface area contributed by atoms with Gasteiger partial charge in [-0.1, -0.05) is 12.1 Å². The van der Waals surface area contributed by atoms with Crippen molar-refractivity contribution in [1.82, 2.24) is 24.9 Å². The zero-order valence-electron chi connectivity index (χ0n) is 18.0. The molecule has 2 aromatic heterocycles. The molecule has 2 aliphatic heterocycles. The normalized spacial score (nSPS) is 18.7. The number of morpholine rings is 1. The van der Waals surface area contributed by atoms with Crippen LogP contribution in [0.3, 0.4) is 0 Å². The van der Waals surface area contributed by atoms with E-state index in [1.165, 1.54) is 0 Å². The molecule has 8 nitrogen and oxygen atoms in total. The number of hydrogen-bond acceptors (Lipinski definition) is 7. The molecule has 0 bridgehead atoms. The van der Waals surface area contributed by atoms with E-state index in [0.717, 1.165) is 80.5 Å². The molecule has 0 spiro atoms. The van der Waals surface area contributed by atoms with Crippen LogP contribution in [-0.4, -0.2) is 76.8 Å². The molecule has 0 aromatic carbocycles. The van der Waals surface area contributed by atoms with E-state index in [4.69, 9.17) is 14.2 Å². The fourth-order valence-electron chi connectivity index (χ4n) is 4.25. The second kappa shape index (κ2) is 9.66. The monoisotopic (exact) mass is 413 g/mol. The third-order valence-corrected chi connectivity index (χ3v) is 6.06. The fraction of sp³-hybridized carbons (Fsp3) is 0.636. The summed E-state index contributed by atoms with van der Waals surface area (Å²) in [5.41, 5.74) is 2.88. The third kappa shape index (κ3) is 4.87. The predicted octanol–water partition coefficient (Wildman–Crippen LogP) is 2.43. The molecule has 1 amide bonds. The summed E-state index contributed by atoms with van der Waals surface area (Å²) in [6.45, 7) is 9.52. The molecule has 2 aliphatic rings. The summed E-state index contributed by atoms with van der Waals surface area (Å²) in [5.74, 6) is 2.21. The minimum Gasteiger partial charge on any atom is -0.378 e. The minimum atomic E-state index is 0.242. The second-order valence-electron chi connectivity index (χ2n) is 8.13. The van der Waals surface area contributed by atoms with Crippen molar-refractivity contribution in [3.05, 3.63) is 29.5 Å². The zero-order valence-corrected chi connectivity index (χ0v) is 18.0. The van der Waals surface area contributed by atoms with Crippen LogP contribution in [0.5, 0.6) is 0 Å². The van der Waals surface area contributed by atoms with E-state index in [1.807, 2.05) is 24.1 Å². The number of aromatic nitrogens is 3. The quantitative estimate of drug-likeness (QED) is 0.719. The molecular weight excluding hydrogens is 382 g/mol. The standard InChI is InChI=1S/C22H31N5O3/c1-3-20-23-15-18(19-14-16(2)25-30-19)22(24-20)17-4-7-26(8-5-17)9-6-21(28)27-10-12-29-13-11-27/h14-15,17H,3-13H2,1-2H3. The van der Waals surface area contributed by atoms with Gasteiger partial charge in [-0.3, -0.25) is 4.79 Å². The number of rotatable bonds is 6. The van der Waals surface area contributed by atoms with E-state index in [-0.39, 0.29) is 5.91 Å². The minimum absolute atomic E-state index is 0.242. The van der Waals surface area contributed by atoms with Crippen molar-refractivity contribution in [2.75, 3.05) is 45.9 Å². The highest BCUT2D eigenvalue weighted by molar-refractivity contribution is 5.76. The average Bonchev–Trinajstić information content (AvgIpc) is 3.24. The van der Waals surface area contributed by atoms with Crippen LogP contribution in [0, 0.1) is 6.92 Å². The Morgan fingerprint density at radius 3 is 2.63 bits per heavy atom. The molecule has 162 valence electrons. The van der Waals surface area contributed by atoms with E-state index in [1.54, 1.807) is 0 Å². The molecule has 2 fully saturated rings. The number of ether oxygens (including phenoxy) is 1. The number of carbonyl (C=O) groups is 1. The molecule has 0 radical (unpaired) electrons. The van der Waals surface area contributed by atoms with Gasteiger partial charge < -0.3 is 19.1 Å². The Labute approximate surface area is 177 Å². The van der Waals surface area contributed by atoms with Crippen molar-refractivity contribution in [3.8, 4) is 11.3 Å². The van der Waals surface area contributed by atoms with Crippen LogP contribution in [-0.2, 0) is 16.0 Å². The highest BCUT2D eigenvalue weighted by Gasteiger charge is 2.27. The summed E-state index contributed by atoms with van der Waals surface area (Å²) in [7, 11) is 0. The molecule has 0 saturated carbocycles. The van der Waals surface area contributed by atoms with Gasteiger partial charge in [-0.15, -0.1) is 0 Å². The highest BCUT2D eigenvalue weighted by atomic mass is 16.5. The number of hydrogen-bond donors (Lipinski definition) is 0. The van der Waals surface area contributed by atoms with Gasteiger partial charge in [-0.25, -0.2) is 9.97 Å². The molecule has 30 heavy (non-hydrogen) atoms. The molecule has 4 rings (SSSR count). The van der Waals surface area contributed by atoms with Crippen molar-refractivity contribution >= 4 is 5.91 Å². The summed E-state index contributed by atoms with van der Waals surface area (Å²) >= 11 is 0. The Balaban J connectivity index is 1.37. The molecule has 0 atom stereocenters. The first-order valence-electron chi connectivity index (χ1n) is 11.0. The lowest BCUT2D eigenvalue weighted by Crippen LogP contribution is -2.42. The average molecular weight is 414 g/mol. The number of carbonyl (C=O) groups excluding carboxylic acids is 1. The summed E-state index contributed by atoms with van der Waals surface area (Å²) in [6.07, 6.45) is 5.32. The Hall–Kier alpha value is -2.32. The van der Waals surface area contributed by atoms with Crippen molar-refractivity contribution in [2.45, 2.75) is 45.4 Å². The number of amides is 1. The van der Waals surface area contributed by atoms with Gasteiger partial charge in [0.05, 0.1) is 30.2 Å². The number of nitrogens with zero attached hydrogens (tertiary/aromatic N) is 5. The van der Waals surface area contributed by atoms with Gasteiger partial charge in [0.25, 0.3) is 0 Å². The maximum Gasteiger partial charge on any atom is 0.224 e. The first-order chi connectivity index (χ1) is 14.6. The molecule has 0 unspecified atom stereocenters. The lowest BCUT2D eigenvalue weighted by Gasteiger charge is -2.33. The smallest absolute Gasteiger partial charge is 0.224 e. The van der Waals surface area contributed by atoms with Gasteiger partial charge in [-0.05, 0) is 32.9 Å². The third-order valence-electron chi connectivity index (χ3n) is 6.06. The SMILES string of the molecule is CCc1ncc(-c2cc(C)no2)c(C2CCN(CCC(=O)N3CCOCC3)CC2)n1. The molecule has 0 aliphatic carbocycles. The largest absolute Gasteiger partial charge is 0.378 e. The maximum atomic E-state index is 12.4. The van der Waals surface area contributed by atoms with Gasteiger partial charge in [0.15, 0.2) is 5.76 Å². The van der Waals surface area contributed by atoms with E-state index in [0.29, 0.717) is 25.6 Å². The van der Waals surface area contributed by atoms with E-state index in [2.05, 4.69) is 22.0 Å². The Kier molecular flexibility index (Phi) is 6.74. The van der Waals surface area contributed by atoms with Crippen LogP contribution >= 0.6 is 0 Å². The lowest BCUT2D eigenvalue weighted by molar-refractivity contribution is -0.135. The number of aryl methyl sites for hydroxylation is 2. The van der Waals surface area contributed by atoms with Crippen LogP contribution in [0.2, 0.25) is 0 Å². The van der Waals surface area contributed by atoms with Gasteiger partial charge in [0, 0.05) is 50.7 Å². The van der Waals surface area contributed by atoms with E-state index < -0.39 is 0 Å². The zero-order chi connectivity index (χ0) is 20.9. The van der Waals surface area contributed by atoms with Crippen molar-refractivity contribution in [2.24, 2.45) is 0 Å². The molecule has 4 heterocycles. The summed E-state index contributed by atoms with van der Waals surface area (Å²) in [4.78, 5) is 26.1. The predicted molar refractivity (Wildman–Crippen MR) is 112 cm³/mol. The van der Waals surface area contributed by atoms with Crippen molar-refractivity contribution in [1.29, 1.82) is 0 Å². The Bertz CT molecular complexity index is 854. The Morgan fingerprint density at radius 1 is 1.20 bits per heavy atom. The molecule has 0 N–H and O–H groups in total. The van der Waals surface area contributed by atoms with Gasteiger partial charge in [0.2, 0.25) is 5.91 Å². The van der Waals surface area contributed by atoms with E-state index >= 15 is 0 Å². The second-order valence-corrected chi connectivity index (χ2v) is 8.13. The number of likely N-dealkylation sites (tertiary alicyclic amines) is 1. The van der Waals surface area contributed by atoms with Crippen molar-refractivity contribution in [3.63, 3.8) is 0 Å². The van der Waals surface area contributed by atoms with E-state index in [9.17, 15) is 4.79 Å². The summed E-state index contributed by atoms with van der Waals surface area (Å²) in [6, 6.07) is 1.94. The lowest BCUT2D eigenvalue weighted by atomic mass is 9.90.